The molecule has 0 bridgehead atoms. The monoisotopic (exact) mass is 669 g/mol. The smallest absolute Gasteiger partial charge is 0.308 e. The topological polar surface area (TPSA) is 84.9 Å². The first-order valence-electron chi connectivity index (χ1n) is 20.1. The van der Waals surface area contributed by atoms with Crippen LogP contribution in [-0.2, 0) is 23.9 Å². The predicted molar refractivity (Wildman–Crippen MR) is 200 cm³/mol. The van der Waals surface area contributed by atoms with Gasteiger partial charge in [0.05, 0.1) is 31.0 Å². The molecule has 3 atom stereocenters. The van der Waals surface area contributed by atoms with E-state index in [1.54, 1.807) is 11.9 Å². The quantitative estimate of drug-likeness (QED) is 0.0543. The van der Waals surface area contributed by atoms with Gasteiger partial charge in [-0.15, -0.1) is 0 Å². The molecule has 7 heteroatoms. The third-order valence-electron chi connectivity index (χ3n) is 9.62. The number of amides is 1. The highest BCUT2D eigenvalue weighted by Gasteiger charge is 2.24. The third-order valence-corrected chi connectivity index (χ3v) is 9.62. The van der Waals surface area contributed by atoms with Crippen LogP contribution in [0.25, 0.3) is 0 Å². The van der Waals surface area contributed by atoms with Gasteiger partial charge in [-0.1, -0.05) is 156 Å². The average molecular weight is 669 g/mol. The van der Waals surface area contributed by atoms with Gasteiger partial charge in [0, 0.05) is 1.43 Å². The minimum atomic E-state index is -0.376. The van der Waals surface area contributed by atoms with Gasteiger partial charge in [0.15, 0.2) is 0 Å². The number of ether oxygens (including phenoxy) is 2. The van der Waals surface area contributed by atoms with E-state index in [1.807, 2.05) is 6.92 Å². The van der Waals surface area contributed by atoms with Crippen molar-refractivity contribution in [3.8, 4) is 0 Å². The molecule has 0 aromatic heterocycles. The minimum absolute atomic E-state index is 0. The molecule has 0 aliphatic carbocycles. The summed E-state index contributed by atoms with van der Waals surface area (Å²) in [6, 6.07) is -0.376. The molecule has 47 heavy (non-hydrogen) atoms. The molecule has 0 fully saturated rings. The van der Waals surface area contributed by atoms with Crippen LogP contribution in [0.15, 0.2) is 0 Å². The van der Waals surface area contributed by atoms with Crippen LogP contribution in [0.3, 0.4) is 0 Å². The second-order valence-electron chi connectivity index (χ2n) is 13.9. The average Bonchev–Trinajstić information content (AvgIpc) is 3.07. The number of hydrogen-bond acceptors (Lipinski definition) is 6. The number of esters is 2. The second kappa shape index (κ2) is 32.9. The van der Waals surface area contributed by atoms with E-state index in [1.165, 1.54) is 89.9 Å². The summed E-state index contributed by atoms with van der Waals surface area (Å²) in [5.74, 6) is -0.473. The van der Waals surface area contributed by atoms with Crippen LogP contribution < -0.4 is 5.32 Å². The molecular formula is C40H80N2O5. The van der Waals surface area contributed by atoms with E-state index in [2.05, 4.69) is 33.0 Å². The lowest BCUT2D eigenvalue weighted by Crippen LogP contribution is -2.46. The Hall–Kier alpha value is -1.63. The van der Waals surface area contributed by atoms with Gasteiger partial charge < -0.3 is 19.7 Å². The Kier molecular flexibility index (Phi) is 31.8. The van der Waals surface area contributed by atoms with E-state index < -0.39 is 0 Å². The highest BCUT2D eigenvalue weighted by atomic mass is 16.5. The molecule has 0 spiro atoms. The number of nitrogens with zero attached hydrogens (tertiary/aromatic N) is 1. The maximum Gasteiger partial charge on any atom is 0.308 e. The van der Waals surface area contributed by atoms with Crippen LogP contribution in [0.2, 0.25) is 0 Å². The summed E-state index contributed by atoms with van der Waals surface area (Å²) in [6.45, 7) is 11.6. The molecule has 1 amide bonds. The molecule has 0 heterocycles. The van der Waals surface area contributed by atoms with E-state index in [4.69, 9.17) is 9.47 Å². The lowest BCUT2D eigenvalue weighted by Gasteiger charge is -2.26. The summed E-state index contributed by atoms with van der Waals surface area (Å²) >= 11 is 0. The highest BCUT2D eigenvalue weighted by Crippen LogP contribution is 2.22. The number of likely N-dealkylation sites (N-methyl/N-ethyl adjacent to an activating group) is 1. The zero-order chi connectivity index (χ0) is 35.0. The standard InChI is InChI=1S/C40H78N2O5.H2/c1-7-11-15-19-21-25-29-36(27-23-17-13-9-3)39(44)46-33-31-42(38(43)35(5)41-6)32-34-47-40(45)37(28-24-18-14-10-4)30-26-22-20-16-12-8-2;/h35-37,41H,7-34H2,1-6H3;1H. The summed E-state index contributed by atoms with van der Waals surface area (Å²) in [5.41, 5.74) is 0. The van der Waals surface area contributed by atoms with Gasteiger partial charge in [-0.3, -0.25) is 14.4 Å². The summed E-state index contributed by atoms with van der Waals surface area (Å²) in [7, 11) is 1.76. The predicted octanol–water partition coefficient (Wildman–Crippen LogP) is 10.4. The SMILES string of the molecule is CCCCCCCCC(CCCCCC)C(=O)OCCN(CCOC(=O)C(CCCCCC)CCCCCCCC)C(=O)C(C)NC.[HH]. The van der Waals surface area contributed by atoms with E-state index in [-0.39, 0.29) is 50.4 Å². The molecule has 0 aliphatic heterocycles. The fourth-order valence-corrected chi connectivity index (χ4v) is 6.22. The first-order chi connectivity index (χ1) is 22.9. The number of rotatable bonds is 34. The summed E-state index contributed by atoms with van der Waals surface area (Å²) in [4.78, 5) is 41.2. The molecule has 0 aliphatic rings. The van der Waals surface area contributed by atoms with Gasteiger partial charge in [-0.2, -0.15) is 0 Å². The zero-order valence-corrected chi connectivity index (χ0v) is 32.0. The van der Waals surface area contributed by atoms with E-state index >= 15 is 0 Å². The number of unbranched alkanes of at least 4 members (excludes halogenated alkanes) is 16. The molecule has 0 saturated heterocycles. The molecule has 0 aromatic rings. The second-order valence-corrected chi connectivity index (χ2v) is 13.9. The van der Waals surface area contributed by atoms with Crippen molar-refractivity contribution in [2.24, 2.45) is 11.8 Å². The van der Waals surface area contributed by atoms with E-state index in [0.717, 1.165) is 64.2 Å². The van der Waals surface area contributed by atoms with Crippen molar-refractivity contribution >= 4 is 17.8 Å². The van der Waals surface area contributed by atoms with Crippen molar-refractivity contribution in [1.29, 1.82) is 0 Å². The van der Waals surface area contributed by atoms with Crippen molar-refractivity contribution in [3.05, 3.63) is 0 Å². The Morgan fingerprint density at radius 3 is 1.15 bits per heavy atom. The fraction of sp³-hybridized carbons (Fsp3) is 0.925. The van der Waals surface area contributed by atoms with Gasteiger partial charge in [0.1, 0.15) is 13.2 Å². The molecule has 0 saturated carbocycles. The Labute approximate surface area is 292 Å². The normalized spacial score (nSPS) is 13.2. The Morgan fingerprint density at radius 2 is 0.830 bits per heavy atom. The maximum atomic E-state index is 13.2. The largest absolute Gasteiger partial charge is 0.464 e. The molecule has 3 unspecified atom stereocenters. The number of carbonyl (C=O) groups excluding carboxylic acids is 3. The van der Waals surface area contributed by atoms with E-state index in [0.29, 0.717) is 13.1 Å². The lowest BCUT2D eigenvalue weighted by atomic mass is 9.94. The molecule has 0 radical (unpaired) electrons. The summed E-state index contributed by atoms with van der Waals surface area (Å²) in [5, 5.41) is 3.02. The van der Waals surface area contributed by atoms with Gasteiger partial charge in [-0.25, -0.2) is 0 Å². The molecule has 280 valence electrons. The van der Waals surface area contributed by atoms with Crippen molar-refractivity contribution in [1.82, 2.24) is 10.2 Å². The number of nitrogens with one attached hydrogen (secondary N) is 1. The molecule has 0 aromatic carbocycles. The van der Waals surface area contributed by atoms with Crippen molar-refractivity contribution < 1.29 is 25.3 Å². The van der Waals surface area contributed by atoms with E-state index in [9.17, 15) is 14.4 Å². The summed E-state index contributed by atoms with van der Waals surface area (Å²) < 4.78 is 11.6. The first-order valence-corrected chi connectivity index (χ1v) is 20.1. The zero-order valence-electron chi connectivity index (χ0n) is 32.0. The van der Waals surface area contributed by atoms with Crippen LogP contribution in [0.1, 0.15) is 190 Å². The Morgan fingerprint density at radius 1 is 0.532 bits per heavy atom. The molecule has 1 N–H and O–H groups in total. The van der Waals surface area contributed by atoms with Crippen LogP contribution in [0, 0.1) is 11.8 Å². The van der Waals surface area contributed by atoms with Crippen molar-refractivity contribution in [2.45, 2.75) is 195 Å². The first kappa shape index (κ1) is 45.4. The van der Waals surface area contributed by atoms with Gasteiger partial charge in [0.2, 0.25) is 5.91 Å². The van der Waals surface area contributed by atoms with Crippen LogP contribution in [0.5, 0.6) is 0 Å². The van der Waals surface area contributed by atoms with Crippen molar-refractivity contribution in [2.75, 3.05) is 33.4 Å². The van der Waals surface area contributed by atoms with Gasteiger partial charge in [0.25, 0.3) is 0 Å². The summed E-state index contributed by atoms with van der Waals surface area (Å²) in [6.07, 6.45) is 27.2. The molecule has 0 rings (SSSR count). The van der Waals surface area contributed by atoms with Crippen LogP contribution >= 0.6 is 0 Å². The lowest BCUT2D eigenvalue weighted by molar-refractivity contribution is -0.152. The van der Waals surface area contributed by atoms with Crippen LogP contribution in [-0.4, -0.2) is 62.1 Å². The van der Waals surface area contributed by atoms with Gasteiger partial charge in [-0.05, 0) is 39.7 Å². The van der Waals surface area contributed by atoms with Crippen molar-refractivity contribution in [3.63, 3.8) is 0 Å². The van der Waals surface area contributed by atoms with Gasteiger partial charge >= 0.3 is 11.9 Å². The number of carbonyl (C=O) groups is 3. The Balaban J connectivity index is 0. The maximum absolute atomic E-state index is 13.2. The number of hydrogen-bond donors (Lipinski definition) is 1. The minimum Gasteiger partial charge on any atom is -0.464 e. The molecular weight excluding hydrogens is 588 g/mol. The Bertz CT molecular complexity index is 703. The third kappa shape index (κ3) is 25.1. The molecule has 7 nitrogen and oxygen atoms in total. The van der Waals surface area contributed by atoms with Crippen LogP contribution in [0.4, 0.5) is 0 Å². The highest BCUT2D eigenvalue weighted by molar-refractivity contribution is 5.81. The fourth-order valence-electron chi connectivity index (χ4n) is 6.22.